The molecular formula is C14H23N3O2. The van der Waals surface area contributed by atoms with Crippen LogP contribution < -0.4 is 10.6 Å². The number of carbonyl (C=O) groups excluding carboxylic acids is 1. The number of nitrogens with zero attached hydrogens (tertiary/aromatic N) is 2. The third kappa shape index (κ3) is 3.59. The van der Waals surface area contributed by atoms with Gasteiger partial charge >= 0.3 is 5.97 Å². The predicted molar refractivity (Wildman–Crippen MR) is 77.3 cm³/mol. The fourth-order valence-corrected chi connectivity index (χ4v) is 1.87. The van der Waals surface area contributed by atoms with E-state index in [2.05, 4.69) is 23.7 Å². The lowest BCUT2D eigenvalue weighted by atomic mass is 10.1. The molecule has 0 aliphatic rings. The number of anilines is 2. The molecule has 0 aliphatic carbocycles. The van der Waals surface area contributed by atoms with Gasteiger partial charge < -0.3 is 15.4 Å². The Hall–Kier alpha value is -1.78. The van der Waals surface area contributed by atoms with Gasteiger partial charge in [-0.05, 0) is 18.9 Å². The van der Waals surface area contributed by atoms with Crippen molar-refractivity contribution in [3.63, 3.8) is 0 Å². The Morgan fingerprint density at radius 3 is 2.74 bits per heavy atom. The van der Waals surface area contributed by atoms with Crippen LogP contribution in [0.15, 0.2) is 12.3 Å². The minimum Gasteiger partial charge on any atom is -0.465 e. The van der Waals surface area contributed by atoms with Crippen molar-refractivity contribution in [2.45, 2.75) is 27.2 Å². The summed E-state index contributed by atoms with van der Waals surface area (Å²) >= 11 is 0. The summed E-state index contributed by atoms with van der Waals surface area (Å²) in [5.41, 5.74) is 6.81. The van der Waals surface area contributed by atoms with Crippen molar-refractivity contribution in [1.82, 2.24) is 4.98 Å². The molecule has 1 unspecified atom stereocenters. The average molecular weight is 265 g/mol. The number of methoxy groups -OCH3 is 1. The summed E-state index contributed by atoms with van der Waals surface area (Å²) < 4.78 is 4.72. The van der Waals surface area contributed by atoms with Crippen molar-refractivity contribution in [3.8, 4) is 0 Å². The number of nitrogen functional groups attached to an aromatic ring is 1. The Morgan fingerprint density at radius 2 is 2.21 bits per heavy atom. The van der Waals surface area contributed by atoms with Gasteiger partial charge in [0.2, 0.25) is 0 Å². The number of esters is 1. The lowest BCUT2D eigenvalue weighted by Crippen LogP contribution is -2.30. The van der Waals surface area contributed by atoms with Crippen LogP contribution >= 0.6 is 0 Å². The fraction of sp³-hybridized carbons (Fsp3) is 0.571. The zero-order chi connectivity index (χ0) is 14.4. The second-order valence-corrected chi connectivity index (χ2v) is 4.64. The summed E-state index contributed by atoms with van der Waals surface area (Å²) in [6, 6.07) is 1.59. The fourth-order valence-electron chi connectivity index (χ4n) is 1.87. The number of carbonyl (C=O) groups is 1. The van der Waals surface area contributed by atoms with E-state index in [0.29, 0.717) is 23.0 Å². The van der Waals surface area contributed by atoms with Crippen LogP contribution in [0.3, 0.4) is 0 Å². The van der Waals surface area contributed by atoms with Gasteiger partial charge in [0.25, 0.3) is 0 Å². The highest BCUT2D eigenvalue weighted by atomic mass is 16.5. The largest absolute Gasteiger partial charge is 0.465 e. The zero-order valence-corrected chi connectivity index (χ0v) is 12.1. The van der Waals surface area contributed by atoms with Gasteiger partial charge in [0.1, 0.15) is 0 Å². The van der Waals surface area contributed by atoms with E-state index < -0.39 is 5.97 Å². The van der Waals surface area contributed by atoms with Crippen molar-refractivity contribution < 1.29 is 9.53 Å². The van der Waals surface area contributed by atoms with Crippen LogP contribution in [0, 0.1) is 5.92 Å². The van der Waals surface area contributed by atoms with E-state index in [9.17, 15) is 4.79 Å². The van der Waals surface area contributed by atoms with E-state index in [4.69, 9.17) is 10.5 Å². The molecular weight excluding hydrogens is 242 g/mol. The van der Waals surface area contributed by atoms with Crippen LogP contribution in [0.1, 0.15) is 37.6 Å². The topological polar surface area (TPSA) is 68.5 Å². The minimum atomic E-state index is -0.430. The molecule has 0 aliphatic heterocycles. The number of ether oxygens (including phenoxy) is 1. The van der Waals surface area contributed by atoms with E-state index in [1.165, 1.54) is 7.11 Å². The molecule has 1 atom stereocenters. The van der Waals surface area contributed by atoms with Crippen LogP contribution in [0.25, 0.3) is 0 Å². The summed E-state index contributed by atoms with van der Waals surface area (Å²) in [4.78, 5) is 18.0. The van der Waals surface area contributed by atoms with Gasteiger partial charge in [-0.1, -0.05) is 20.3 Å². The molecule has 0 fully saturated rings. The molecule has 1 rings (SSSR count). The van der Waals surface area contributed by atoms with E-state index in [1.807, 2.05) is 6.92 Å². The second-order valence-electron chi connectivity index (χ2n) is 4.64. The Labute approximate surface area is 114 Å². The van der Waals surface area contributed by atoms with Crippen LogP contribution in [-0.2, 0) is 4.74 Å². The lowest BCUT2D eigenvalue weighted by molar-refractivity contribution is 0.0602. The third-order valence-electron chi connectivity index (χ3n) is 3.28. The lowest BCUT2D eigenvalue weighted by Gasteiger charge is -2.26. The molecule has 1 heterocycles. The summed E-state index contributed by atoms with van der Waals surface area (Å²) in [7, 11) is 1.35. The molecule has 19 heavy (non-hydrogen) atoms. The SMILES string of the molecule is CCC(C)CN(CC)c1nccc(C(=O)OC)c1N. The molecule has 0 spiro atoms. The molecule has 0 radical (unpaired) electrons. The van der Waals surface area contributed by atoms with Crippen molar-refractivity contribution >= 4 is 17.5 Å². The maximum absolute atomic E-state index is 11.6. The first-order chi connectivity index (χ1) is 9.04. The van der Waals surface area contributed by atoms with Gasteiger partial charge in [0.15, 0.2) is 5.82 Å². The second kappa shape index (κ2) is 6.97. The summed E-state index contributed by atoms with van der Waals surface area (Å²) in [5, 5.41) is 0. The highest BCUT2D eigenvalue weighted by molar-refractivity contribution is 5.97. The minimum absolute atomic E-state index is 0.370. The van der Waals surface area contributed by atoms with Crippen LogP contribution in [-0.4, -0.2) is 31.2 Å². The van der Waals surface area contributed by atoms with Crippen LogP contribution in [0.4, 0.5) is 11.5 Å². The number of hydrogen-bond donors (Lipinski definition) is 1. The smallest absolute Gasteiger partial charge is 0.340 e. The number of hydrogen-bond acceptors (Lipinski definition) is 5. The third-order valence-corrected chi connectivity index (χ3v) is 3.28. The van der Waals surface area contributed by atoms with Gasteiger partial charge in [-0.15, -0.1) is 0 Å². The highest BCUT2D eigenvalue weighted by Crippen LogP contribution is 2.25. The standard InChI is InChI=1S/C14H23N3O2/c1-5-10(3)9-17(6-2)13-12(15)11(7-8-16-13)14(18)19-4/h7-8,10H,5-6,9,15H2,1-4H3. The Morgan fingerprint density at radius 1 is 1.53 bits per heavy atom. The molecule has 0 saturated carbocycles. The normalized spacial score (nSPS) is 12.0. The van der Waals surface area contributed by atoms with Crippen LogP contribution in [0.5, 0.6) is 0 Å². The van der Waals surface area contributed by atoms with Gasteiger partial charge in [-0.25, -0.2) is 9.78 Å². The molecule has 0 bridgehead atoms. The van der Waals surface area contributed by atoms with Crippen molar-refractivity contribution in [2.75, 3.05) is 30.8 Å². The molecule has 0 amide bonds. The van der Waals surface area contributed by atoms with Gasteiger partial charge in [0, 0.05) is 19.3 Å². The summed E-state index contributed by atoms with van der Waals surface area (Å²) in [6.45, 7) is 8.05. The average Bonchev–Trinajstić information content (AvgIpc) is 2.44. The van der Waals surface area contributed by atoms with Crippen LogP contribution in [0.2, 0.25) is 0 Å². The molecule has 5 nitrogen and oxygen atoms in total. The maximum atomic E-state index is 11.6. The van der Waals surface area contributed by atoms with Gasteiger partial charge in [-0.2, -0.15) is 0 Å². The van der Waals surface area contributed by atoms with E-state index >= 15 is 0 Å². The van der Waals surface area contributed by atoms with Crippen molar-refractivity contribution in [3.05, 3.63) is 17.8 Å². The number of nitrogens with two attached hydrogens (primary N) is 1. The number of pyridine rings is 1. The summed E-state index contributed by atoms with van der Waals surface area (Å²) in [6.07, 6.45) is 2.68. The maximum Gasteiger partial charge on any atom is 0.340 e. The molecule has 1 aromatic heterocycles. The zero-order valence-electron chi connectivity index (χ0n) is 12.1. The van der Waals surface area contributed by atoms with Crippen molar-refractivity contribution in [2.24, 2.45) is 5.92 Å². The first kappa shape index (κ1) is 15.3. The highest BCUT2D eigenvalue weighted by Gasteiger charge is 2.18. The van der Waals surface area contributed by atoms with Gasteiger partial charge in [-0.3, -0.25) is 0 Å². The molecule has 106 valence electrons. The molecule has 0 saturated heterocycles. The van der Waals surface area contributed by atoms with Gasteiger partial charge in [0.05, 0.1) is 18.4 Å². The van der Waals surface area contributed by atoms with E-state index in [-0.39, 0.29) is 0 Å². The molecule has 5 heteroatoms. The molecule has 1 aromatic rings. The molecule has 0 aromatic carbocycles. The van der Waals surface area contributed by atoms with E-state index in [0.717, 1.165) is 19.5 Å². The predicted octanol–water partition coefficient (Wildman–Crippen LogP) is 2.32. The van der Waals surface area contributed by atoms with E-state index in [1.54, 1.807) is 12.3 Å². The number of rotatable bonds is 6. The monoisotopic (exact) mass is 265 g/mol. The number of aromatic nitrogens is 1. The Bertz CT molecular complexity index is 435. The van der Waals surface area contributed by atoms with Crippen molar-refractivity contribution in [1.29, 1.82) is 0 Å². The first-order valence-electron chi connectivity index (χ1n) is 6.62. The summed E-state index contributed by atoms with van der Waals surface area (Å²) in [5.74, 6) is 0.773. The first-order valence-corrected chi connectivity index (χ1v) is 6.62. The Kier molecular flexibility index (Phi) is 5.60. The quantitative estimate of drug-likeness (QED) is 0.799. The molecule has 2 N–H and O–H groups in total. The Balaban J connectivity index is 3.07.